The molecule has 2 aromatic carbocycles. The Morgan fingerprint density at radius 2 is 1.81 bits per heavy atom. The first kappa shape index (κ1) is 18.9. The van der Waals surface area contributed by atoms with E-state index in [1.807, 2.05) is 24.3 Å². The quantitative estimate of drug-likeness (QED) is 0.508. The number of esters is 1. The van der Waals surface area contributed by atoms with Crippen LogP contribution in [0.25, 0.3) is 10.9 Å². The minimum Gasteiger partial charge on any atom is -0.452 e. The number of aromatic nitrogens is 1. The van der Waals surface area contributed by atoms with Crippen molar-refractivity contribution >= 4 is 40.1 Å². The second kappa shape index (κ2) is 8.18. The van der Waals surface area contributed by atoms with Gasteiger partial charge in [0, 0.05) is 11.1 Å². The molecule has 0 aliphatic heterocycles. The zero-order valence-electron chi connectivity index (χ0n) is 15.0. The predicted molar refractivity (Wildman–Crippen MR) is 106 cm³/mol. The molecule has 0 unspecified atom stereocenters. The molecule has 27 heavy (non-hydrogen) atoms. The highest BCUT2D eigenvalue weighted by molar-refractivity contribution is 6.29. The van der Waals surface area contributed by atoms with Crippen LogP contribution in [0.2, 0.25) is 5.15 Å². The first-order valence-corrected chi connectivity index (χ1v) is 8.93. The van der Waals surface area contributed by atoms with Gasteiger partial charge in [-0.3, -0.25) is 4.79 Å². The molecule has 0 aliphatic carbocycles. The summed E-state index contributed by atoms with van der Waals surface area (Å²) in [6.45, 7) is 3.84. The number of rotatable bonds is 5. The van der Waals surface area contributed by atoms with Crippen LogP contribution in [0.1, 0.15) is 35.7 Å². The molecule has 1 N–H and O–H groups in total. The van der Waals surface area contributed by atoms with Crippen LogP contribution in [0.15, 0.2) is 54.6 Å². The summed E-state index contributed by atoms with van der Waals surface area (Å²) in [5, 5.41) is 3.86. The van der Waals surface area contributed by atoms with Crippen LogP contribution < -0.4 is 5.32 Å². The van der Waals surface area contributed by atoms with Crippen molar-refractivity contribution < 1.29 is 14.3 Å². The van der Waals surface area contributed by atoms with Gasteiger partial charge in [0.15, 0.2) is 6.61 Å². The van der Waals surface area contributed by atoms with Crippen molar-refractivity contribution in [2.45, 2.75) is 19.8 Å². The summed E-state index contributed by atoms with van der Waals surface area (Å²) in [7, 11) is 0. The molecule has 0 saturated carbocycles. The van der Waals surface area contributed by atoms with Gasteiger partial charge in [0.1, 0.15) is 5.15 Å². The number of carbonyl (C=O) groups excluding carboxylic acids is 2. The Morgan fingerprint density at radius 3 is 2.52 bits per heavy atom. The van der Waals surface area contributed by atoms with Crippen molar-refractivity contribution in [3.63, 3.8) is 0 Å². The third-order valence-corrected chi connectivity index (χ3v) is 4.30. The summed E-state index contributed by atoms with van der Waals surface area (Å²) in [5.41, 5.74) is 2.88. The molecule has 1 aromatic heterocycles. The number of ether oxygens (including phenoxy) is 1. The first-order chi connectivity index (χ1) is 12.9. The van der Waals surface area contributed by atoms with Gasteiger partial charge in [-0.25, -0.2) is 9.78 Å². The van der Waals surface area contributed by atoms with E-state index in [0.717, 1.165) is 5.39 Å². The first-order valence-electron chi connectivity index (χ1n) is 8.55. The van der Waals surface area contributed by atoms with Gasteiger partial charge >= 0.3 is 5.97 Å². The maximum absolute atomic E-state index is 12.2. The van der Waals surface area contributed by atoms with Gasteiger partial charge in [0.2, 0.25) is 0 Å². The van der Waals surface area contributed by atoms with E-state index < -0.39 is 11.9 Å². The fourth-order valence-corrected chi connectivity index (χ4v) is 2.74. The number of benzene rings is 2. The molecule has 3 rings (SSSR count). The Kier molecular flexibility index (Phi) is 5.72. The Bertz CT molecular complexity index is 984. The molecule has 0 saturated heterocycles. The molecule has 6 heteroatoms. The van der Waals surface area contributed by atoms with Crippen molar-refractivity contribution in [2.24, 2.45) is 0 Å². The maximum Gasteiger partial charge on any atom is 0.338 e. The van der Waals surface area contributed by atoms with Crippen molar-refractivity contribution in [3.05, 3.63) is 70.9 Å². The van der Waals surface area contributed by atoms with Crippen LogP contribution in [-0.2, 0) is 9.53 Å². The molecule has 138 valence electrons. The highest BCUT2D eigenvalue weighted by Crippen LogP contribution is 2.18. The lowest BCUT2D eigenvalue weighted by Gasteiger charge is -2.09. The molecule has 0 radical (unpaired) electrons. The molecular weight excluding hydrogens is 364 g/mol. The van der Waals surface area contributed by atoms with Crippen molar-refractivity contribution in [3.8, 4) is 0 Å². The monoisotopic (exact) mass is 382 g/mol. The topological polar surface area (TPSA) is 68.3 Å². The lowest BCUT2D eigenvalue weighted by Crippen LogP contribution is -2.20. The number of fused-ring (bicyclic) bond motifs is 1. The Labute approximate surface area is 162 Å². The van der Waals surface area contributed by atoms with Gasteiger partial charge in [-0.2, -0.15) is 0 Å². The van der Waals surface area contributed by atoms with E-state index in [-0.39, 0.29) is 6.61 Å². The van der Waals surface area contributed by atoms with Crippen molar-refractivity contribution in [1.82, 2.24) is 4.98 Å². The molecule has 0 aliphatic rings. The predicted octanol–water partition coefficient (Wildman–Crippen LogP) is 4.81. The molecule has 5 nitrogen and oxygen atoms in total. The van der Waals surface area contributed by atoms with Crippen molar-refractivity contribution in [1.29, 1.82) is 0 Å². The lowest BCUT2D eigenvalue weighted by molar-refractivity contribution is -0.119. The van der Waals surface area contributed by atoms with E-state index in [1.165, 1.54) is 5.56 Å². The van der Waals surface area contributed by atoms with E-state index in [1.54, 1.807) is 30.3 Å². The molecule has 3 aromatic rings. The fourth-order valence-electron chi connectivity index (χ4n) is 2.59. The number of hydrogen-bond acceptors (Lipinski definition) is 4. The summed E-state index contributed by atoms with van der Waals surface area (Å²) >= 11 is 5.85. The minimum absolute atomic E-state index is 0.348. The third kappa shape index (κ3) is 4.83. The van der Waals surface area contributed by atoms with Crippen LogP contribution in [0.5, 0.6) is 0 Å². The smallest absolute Gasteiger partial charge is 0.338 e. The van der Waals surface area contributed by atoms with E-state index in [0.29, 0.717) is 27.8 Å². The van der Waals surface area contributed by atoms with Gasteiger partial charge in [0.25, 0.3) is 5.91 Å². The molecule has 1 heterocycles. The molecule has 0 atom stereocenters. The van der Waals surface area contributed by atoms with Crippen LogP contribution >= 0.6 is 11.6 Å². The maximum atomic E-state index is 12.2. The standard InChI is InChI=1S/C21H19ClN2O3/c1-13(2)14-3-7-17(8-4-14)23-20(25)12-27-21(26)16-5-9-18-15(11-16)6-10-19(22)24-18/h3-11,13H,12H2,1-2H3,(H,23,25). The SMILES string of the molecule is CC(C)c1ccc(NC(=O)COC(=O)c2ccc3nc(Cl)ccc3c2)cc1. The summed E-state index contributed by atoms with van der Waals surface area (Å²) < 4.78 is 5.10. The second-order valence-electron chi connectivity index (χ2n) is 6.44. The number of pyridine rings is 1. The van der Waals surface area contributed by atoms with Crippen LogP contribution in [-0.4, -0.2) is 23.5 Å². The zero-order valence-corrected chi connectivity index (χ0v) is 15.8. The molecular formula is C21H19ClN2O3. The number of nitrogens with zero attached hydrogens (tertiary/aromatic N) is 1. The van der Waals surface area contributed by atoms with E-state index >= 15 is 0 Å². The van der Waals surface area contributed by atoms with Crippen LogP contribution in [0, 0.1) is 0 Å². The van der Waals surface area contributed by atoms with Gasteiger partial charge < -0.3 is 10.1 Å². The van der Waals surface area contributed by atoms with E-state index in [2.05, 4.69) is 24.1 Å². The Balaban J connectivity index is 1.58. The average Bonchev–Trinajstić information content (AvgIpc) is 2.66. The summed E-state index contributed by atoms with van der Waals surface area (Å²) in [6, 6.07) is 15.9. The third-order valence-electron chi connectivity index (χ3n) is 4.09. The largest absolute Gasteiger partial charge is 0.452 e. The van der Waals surface area contributed by atoms with E-state index in [9.17, 15) is 9.59 Å². The van der Waals surface area contributed by atoms with Crippen LogP contribution in [0.4, 0.5) is 5.69 Å². The summed E-state index contributed by atoms with van der Waals surface area (Å²) in [6.07, 6.45) is 0. The van der Waals surface area contributed by atoms with E-state index in [4.69, 9.17) is 16.3 Å². The fraction of sp³-hybridized carbons (Fsp3) is 0.190. The molecule has 0 spiro atoms. The Morgan fingerprint density at radius 1 is 1.07 bits per heavy atom. The highest BCUT2D eigenvalue weighted by Gasteiger charge is 2.12. The van der Waals surface area contributed by atoms with Crippen molar-refractivity contribution in [2.75, 3.05) is 11.9 Å². The zero-order chi connectivity index (χ0) is 19.4. The average molecular weight is 383 g/mol. The molecule has 0 bridgehead atoms. The number of carbonyl (C=O) groups is 2. The number of anilines is 1. The Hall–Kier alpha value is -2.92. The molecule has 0 fully saturated rings. The normalized spacial score (nSPS) is 10.8. The number of hydrogen-bond donors (Lipinski definition) is 1. The van der Waals surface area contributed by atoms with Crippen LogP contribution in [0.3, 0.4) is 0 Å². The second-order valence-corrected chi connectivity index (χ2v) is 6.83. The highest BCUT2D eigenvalue weighted by atomic mass is 35.5. The molecule has 1 amide bonds. The van der Waals surface area contributed by atoms with Gasteiger partial charge in [-0.1, -0.05) is 37.6 Å². The van der Waals surface area contributed by atoms with Gasteiger partial charge in [-0.15, -0.1) is 0 Å². The van der Waals surface area contributed by atoms with Gasteiger partial charge in [0.05, 0.1) is 11.1 Å². The number of nitrogens with one attached hydrogen (secondary N) is 1. The minimum atomic E-state index is -0.572. The van der Waals surface area contributed by atoms with Gasteiger partial charge in [-0.05, 0) is 53.9 Å². The summed E-state index contributed by atoms with van der Waals surface area (Å²) in [4.78, 5) is 28.4. The number of amides is 1. The lowest BCUT2D eigenvalue weighted by atomic mass is 10.0. The number of halogens is 1. The summed E-state index contributed by atoms with van der Waals surface area (Å²) in [5.74, 6) is -0.545.